The molecule has 0 spiro atoms. The monoisotopic (exact) mass is 463 g/mol. The Morgan fingerprint density at radius 2 is 1.79 bits per heavy atom. The zero-order valence-electron chi connectivity index (χ0n) is 17.2. The Morgan fingerprint density at radius 1 is 0.966 bits per heavy atom. The number of hydrogen-bond donors (Lipinski definition) is 1. The molecule has 0 radical (unpaired) electrons. The summed E-state index contributed by atoms with van der Waals surface area (Å²) in [7, 11) is 1.62. The minimum atomic E-state index is -0.189. The van der Waals surface area contributed by atoms with Gasteiger partial charge in [0.05, 0.1) is 17.7 Å². The van der Waals surface area contributed by atoms with E-state index in [1.165, 1.54) is 25.7 Å². The lowest BCUT2D eigenvalue weighted by molar-refractivity contribution is 0.102. The SMILES string of the molecule is CCCCCCCOc1cccc(NC(=O)c2ccc(OCCOC)c(Br)c2)c1. The molecule has 29 heavy (non-hydrogen) atoms. The fourth-order valence-electron chi connectivity index (χ4n) is 2.76. The summed E-state index contributed by atoms with van der Waals surface area (Å²) in [5, 5.41) is 2.92. The van der Waals surface area contributed by atoms with Gasteiger partial charge >= 0.3 is 0 Å². The number of nitrogens with one attached hydrogen (secondary N) is 1. The number of ether oxygens (including phenoxy) is 3. The number of hydrogen-bond acceptors (Lipinski definition) is 4. The predicted octanol–water partition coefficient (Wildman–Crippen LogP) is 6.08. The molecule has 0 saturated carbocycles. The Labute approximate surface area is 181 Å². The summed E-state index contributed by atoms with van der Waals surface area (Å²) >= 11 is 3.45. The second-order valence-corrected chi connectivity index (χ2v) is 7.59. The molecule has 2 aromatic carbocycles. The molecule has 2 aromatic rings. The lowest BCUT2D eigenvalue weighted by atomic mass is 10.2. The predicted molar refractivity (Wildman–Crippen MR) is 120 cm³/mol. The minimum absolute atomic E-state index is 0.189. The van der Waals surface area contributed by atoms with Gasteiger partial charge in [0.25, 0.3) is 5.91 Å². The maximum Gasteiger partial charge on any atom is 0.255 e. The van der Waals surface area contributed by atoms with Crippen molar-refractivity contribution in [2.24, 2.45) is 0 Å². The lowest BCUT2D eigenvalue weighted by Crippen LogP contribution is -2.12. The van der Waals surface area contributed by atoms with Gasteiger partial charge in [-0.3, -0.25) is 4.79 Å². The number of unbranched alkanes of at least 4 members (excludes halogenated alkanes) is 4. The molecule has 0 fully saturated rings. The molecule has 6 heteroatoms. The second kappa shape index (κ2) is 13.2. The maximum atomic E-state index is 12.6. The van der Waals surface area contributed by atoms with Crippen LogP contribution in [-0.2, 0) is 4.74 Å². The summed E-state index contributed by atoms with van der Waals surface area (Å²) < 4.78 is 17.1. The summed E-state index contributed by atoms with van der Waals surface area (Å²) in [6.45, 7) is 3.86. The smallest absolute Gasteiger partial charge is 0.255 e. The van der Waals surface area contributed by atoms with E-state index in [1.54, 1.807) is 25.3 Å². The van der Waals surface area contributed by atoms with Gasteiger partial charge in [-0.1, -0.05) is 38.7 Å². The summed E-state index contributed by atoms with van der Waals surface area (Å²) in [6, 6.07) is 12.7. The van der Waals surface area contributed by atoms with Gasteiger partial charge in [-0.15, -0.1) is 0 Å². The lowest BCUT2D eigenvalue weighted by Gasteiger charge is -2.11. The molecule has 2 rings (SSSR count). The first-order valence-corrected chi connectivity index (χ1v) is 10.9. The van der Waals surface area contributed by atoms with E-state index in [0.717, 1.165) is 16.6 Å². The van der Waals surface area contributed by atoms with E-state index < -0.39 is 0 Å². The van der Waals surface area contributed by atoms with Crippen LogP contribution in [0.3, 0.4) is 0 Å². The number of anilines is 1. The van der Waals surface area contributed by atoms with Gasteiger partial charge in [-0.2, -0.15) is 0 Å². The van der Waals surface area contributed by atoms with Crippen LogP contribution < -0.4 is 14.8 Å². The number of methoxy groups -OCH3 is 1. The first-order valence-electron chi connectivity index (χ1n) is 10.1. The highest BCUT2D eigenvalue weighted by atomic mass is 79.9. The number of carbonyl (C=O) groups is 1. The first kappa shape index (κ1) is 23.2. The van der Waals surface area contributed by atoms with Crippen LogP contribution in [0.4, 0.5) is 5.69 Å². The standard InChI is InChI=1S/C23H30BrNO4/c1-3-4-5-6-7-13-28-20-10-8-9-19(17-20)25-23(26)18-11-12-22(21(24)16-18)29-15-14-27-2/h8-12,16-17H,3-7,13-15H2,1-2H3,(H,25,26). The van der Waals surface area contributed by atoms with Crippen LogP contribution >= 0.6 is 15.9 Å². The number of carbonyl (C=O) groups excluding carboxylic acids is 1. The third kappa shape index (κ3) is 8.46. The fourth-order valence-corrected chi connectivity index (χ4v) is 3.25. The molecule has 0 heterocycles. The van der Waals surface area contributed by atoms with E-state index in [0.29, 0.717) is 36.8 Å². The second-order valence-electron chi connectivity index (χ2n) is 6.73. The van der Waals surface area contributed by atoms with Gasteiger partial charge in [-0.25, -0.2) is 0 Å². The molecule has 1 amide bonds. The van der Waals surface area contributed by atoms with Crippen molar-refractivity contribution in [3.8, 4) is 11.5 Å². The van der Waals surface area contributed by atoms with E-state index in [4.69, 9.17) is 14.2 Å². The van der Waals surface area contributed by atoms with Gasteiger partial charge in [0.2, 0.25) is 0 Å². The fraction of sp³-hybridized carbons (Fsp3) is 0.435. The van der Waals surface area contributed by atoms with Crippen molar-refractivity contribution >= 4 is 27.5 Å². The Bertz CT molecular complexity index is 766. The van der Waals surface area contributed by atoms with Crippen LogP contribution in [0.1, 0.15) is 49.4 Å². The van der Waals surface area contributed by atoms with Crippen LogP contribution in [0.25, 0.3) is 0 Å². The van der Waals surface area contributed by atoms with E-state index in [1.807, 2.05) is 24.3 Å². The quantitative estimate of drug-likeness (QED) is 0.365. The molecule has 0 unspecified atom stereocenters. The van der Waals surface area contributed by atoms with E-state index >= 15 is 0 Å². The third-order valence-corrected chi connectivity index (χ3v) is 4.97. The Hall–Kier alpha value is -2.05. The largest absolute Gasteiger partial charge is 0.494 e. The molecule has 158 valence electrons. The molecule has 0 aliphatic heterocycles. The normalized spacial score (nSPS) is 10.6. The first-order chi connectivity index (χ1) is 14.1. The highest BCUT2D eigenvalue weighted by Gasteiger charge is 2.10. The molecular weight excluding hydrogens is 434 g/mol. The Balaban J connectivity index is 1.87. The van der Waals surface area contributed by atoms with Gasteiger partial charge < -0.3 is 19.5 Å². The zero-order valence-corrected chi connectivity index (χ0v) is 18.8. The summed E-state index contributed by atoms with van der Waals surface area (Å²) in [6.07, 6.45) is 6.00. The van der Waals surface area contributed by atoms with Crippen molar-refractivity contribution in [2.75, 3.05) is 32.2 Å². The molecule has 1 N–H and O–H groups in total. The average Bonchev–Trinajstić information content (AvgIpc) is 2.72. The van der Waals surface area contributed by atoms with Gasteiger partial charge in [-0.05, 0) is 52.7 Å². The Kier molecular flexibility index (Phi) is 10.6. The molecule has 0 aliphatic rings. The third-order valence-electron chi connectivity index (χ3n) is 4.35. The minimum Gasteiger partial charge on any atom is -0.494 e. The van der Waals surface area contributed by atoms with E-state index in [-0.39, 0.29) is 5.91 Å². The van der Waals surface area contributed by atoms with Gasteiger partial charge in [0.15, 0.2) is 0 Å². The molecule has 0 atom stereocenters. The molecule has 0 saturated heterocycles. The van der Waals surface area contributed by atoms with Crippen molar-refractivity contribution in [2.45, 2.75) is 39.0 Å². The molecular formula is C23H30BrNO4. The van der Waals surface area contributed by atoms with Crippen molar-refractivity contribution in [1.29, 1.82) is 0 Å². The molecule has 5 nitrogen and oxygen atoms in total. The van der Waals surface area contributed by atoms with Crippen LogP contribution in [0, 0.1) is 0 Å². The molecule has 0 aromatic heterocycles. The van der Waals surface area contributed by atoms with Crippen molar-refractivity contribution < 1.29 is 19.0 Å². The van der Waals surface area contributed by atoms with Gasteiger partial charge in [0.1, 0.15) is 18.1 Å². The number of rotatable bonds is 13. The molecule has 0 bridgehead atoms. The highest BCUT2D eigenvalue weighted by Crippen LogP contribution is 2.27. The van der Waals surface area contributed by atoms with E-state index in [9.17, 15) is 4.79 Å². The topological polar surface area (TPSA) is 56.8 Å². The summed E-state index contributed by atoms with van der Waals surface area (Å²) in [4.78, 5) is 12.6. The molecule has 0 aliphatic carbocycles. The van der Waals surface area contributed by atoms with Crippen molar-refractivity contribution in [1.82, 2.24) is 0 Å². The average molecular weight is 464 g/mol. The maximum absolute atomic E-state index is 12.6. The van der Waals surface area contributed by atoms with Crippen molar-refractivity contribution in [3.63, 3.8) is 0 Å². The zero-order chi connectivity index (χ0) is 20.9. The number of benzene rings is 2. The van der Waals surface area contributed by atoms with Crippen LogP contribution in [-0.4, -0.2) is 32.8 Å². The summed E-state index contributed by atoms with van der Waals surface area (Å²) in [5.74, 6) is 1.25. The van der Waals surface area contributed by atoms with Gasteiger partial charge in [0, 0.05) is 24.4 Å². The highest BCUT2D eigenvalue weighted by molar-refractivity contribution is 9.10. The van der Waals surface area contributed by atoms with Crippen molar-refractivity contribution in [3.05, 3.63) is 52.5 Å². The number of halogens is 1. The van der Waals surface area contributed by atoms with Crippen LogP contribution in [0.15, 0.2) is 46.9 Å². The number of amides is 1. The van der Waals surface area contributed by atoms with E-state index in [2.05, 4.69) is 28.2 Å². The van der Waals surface area contributed by atoms with Crippen LogP contribution in [0.2, 0.25) is 0 Å². The summed E-state index contributed by atoms with van der Waals surface area (Å²) in [5.41, 5.74) is 1.24. The Morgan fingerprint density at radius 3 is 2.55 bits per heavy atom. The van der Waals surface area contributed by atoms with Crippen LogP contribution in [0.5, 0.6) is 11.5 Å².